The molecule has 1 N–H and O–H groups in total. The fourth-order valence-corrected chi connectivity index (χ4v) is 1.09. The Morgan fingerprint density at radius 1 is 1.50 bits per heavy atom. The largest absolute Gasteiger partial charge is 0.296 e. The molecule has 0 aliphatic carbocycles. The topological polar surface area (TPSA) is 67.3 Å². The molecule has 0 amide bonds. The van der Waals surface area contributed by atoms with E-state index in [4.69, 9.17) is 4.55 Å². The first kappa shape index (κ1) is 8.89. The van der Waals surface area contributed by atoms with E-state index in [0.717, 1.165) is 6.20 Å². The van der Waals surface area contributed by atoms with Crippen LogP contribution in [0.3, 0.4) is 0 Å². The molecule has 0 atom stereocenters. The Balaban J connectivity index is 3.17. The van der Waals surface area contributed by atoms with Crippen molar-refractivity contribution in [3.05, 3.63) is 30.6 Å². The van der Waals surface area contributed by atoms with Gasteiger partial charge in [0.05, 0.1) is 5.69 Å². The number of hydrogen-bond acceptors (Lipinski definition) is 3. The number of hydrogen-bond donors (Lipinski definition) is 1. The molecule has 5 heteroatoms. The molecule has 64 valence electrons. The van der Waals surface area contributed by atoms with Crippen molar-refractivity contribution in [3.8, 4) is 0 Å². The summed E-state index contributed by atoms with van der Waals surface area (Å²) in [5.74, 6) is 0. The van der Waals surface area contributed by atoms with Crippen molar-refractivity contribution >= 4 is 16.2 Å². The van der Waals surface area contributed by atoms with E-state index in [0.29, 0.717) is 5.69 Å². The first-order chi connectivity index (χ1) is 5.54. The van der Waals surface area contributed by atoms with Gasteiger partial charge in [-0.3, -0.25) is 9.54 Å². The summed E-state index contributed by atoms with van der Waals surface area (Å²) in [5.41, 5.74) is 0.558. The molecule has 0 unspecified atom stereocenters. The van der Waals surface area contributed by atoms with Crippen molar-refractivity contribution in [1.82, 2.24) is 4.98 Å². The molecule has 0 radical (unpaired) electrons. The number of nitrogens with zero attached hydrogens (tertiary/aromatic N) is 1. The standard InChI is InChI=1S/C7H7NO3S/c1-2-6-3-4-7(5-8-6)12(9,10)11/h2-5H,1H2,(H,9,10,11). The van der Waals surface area contributed by atoms with Gasteiger partial charge in [-0.1, -0.05) is 6.58 Å². The van der Waals surface area contributed by atoms with E-state index in [9.17, 15) is 8.42 Å². The molecule has 1 rings (SSSR count). The molecule has 1 aromatic heterocycles. The van der Waals surface area contributed by atoms with Crippen molar-refractivity contribution in [1.29, 1.82) is 0 Å². The Hall–Kier alpha value is -1.20. The Morgan fingerprint density at radius 3 is 2.50 bits per heavy atom. The Bertz CT molecular complexity index is 380. The first-order valence-corrected chi connectivity index (χ1v) is 4.54. The van der Waals surface area contributed by atoms with Gasteiger partial charge in [0, 0.05) is 6.20 Å². The van der Waals surface area contributed by atoms with Gasteiger partial charge in [0.1, 0.15) is 4.90 Å². The third-order valence-electron chi connectivity index (χ3n) is 1.27. The lowest BCUT2D eigenvalue weighted by Crippen LogP contribution is -1.98. The van der Waals surface area contributed by atoms with Gasteiger partial charge in [0.15, 0.2) is 0 Å². The molecule has 1 aromatic rings. The number of rotatable bonds is 2. The molecular weight excluding hydrogens is 178 g/mol. The van der Waals surface area contributed by atoms with Gasteiger partial charge in [0.25, 0.3) is 10.1 Å². The summed E-state index contributed by atoms with van der Waals surface area (Å²) in [6.45, 7) is 3.45. The lowest BCUT2D eigenvalue weighted by atomic mass is 10.3. The Morgan fingerprint density at radius 2 is 2.17 bits per heavy atom. The van der Waals surface area contributed by atoms with Crippen molar-refractivity contribution in [2.24, 2.45) is 0 Å². The smallest absolute Gasteiger partial charge is 0.282 e. The summed E-state index contributed by atoms with van der Waals surface area (Å²) in [6, 6.07) is 2.72. The minimum Gasteiger partial charge on any atom is -0.282 e. The second kappa shape index (κ2) is 3.04. The quantitative estimate of drug-likeness (QED) is 0.697. The van der Waals surface area contributed by atoms with Crippen LogP contribution in [-0.2, 0) is 10.1 Å². The van der Waals surface area contributed by atoms with E-state index in [1.807, 2.05) is 0 Å². The Kier molecular flexibility index (Phi) is 2.25. The number of aromatic nitrogens is 1. The molecule has 0 aromatic carbocycles. The van der Waals surface area contributed by atoms with Gasteiger partial charge in [0.2, 0.25) is 0 Å². The van der Waals surface area contributed by atoms with Gasteiger partial charge in [-0.2, -0.15) is 8.42 Å². The lowest BCUT2D eigenvalue weighted by Gasteiger charge is -1.95. The van der Waals surface area contributed by atoms with Crippen LogP contribution >= 0.6 is 0 Å². The summed E-state index contributed by atoms with van der Waals surface area (Å²) in [5, 5.41) is 0. The van der Waals surface area contributed by atoms with Gasteiger partial charge in [-0.25, -0.2) is 0 Å². The average Bonchev–Trinajstić information content (AvgIpc) is 2.03. The van der Waals surface area contributed by atoms with E-state index < -0.39 is 10.1 Å². The molecule has 0 aliphatic rings. The highest BCUT2D eigenvalue weighted by Crippen LogP contribution is 2.07. The van der Waals surface area contributed by atoms with Crippen molar-refractivity contribution in [2.75, 3.05) is 0 Å². The van der Waals surface area contributed by atoms with Gasteiger partial charge in [-0.05, 0) is 18.2 Å². The zero-order chi connectivity index (χ0) is 9.19. The van der Waals surface area contributed by atoms with E-state index in [1.54, 1.807) is 0 Å². The zero-order valence-electron chi connectivity index (χ0n) is 6.14. The van der Waals surface area contributed by atoms with E-state index >= 15 is 0 Å². The molecule has 1 heterocycles. The molecule has 0 fully saturated rings. The van der Waals surface area contributed by atoms with Crippen LogP contribution in [0.15, 0.2) is 29.8 Å². The normalized spacial score (nSPS) is 11.1. The van der Waals surface area contributed by atoms with Crippen LogP contribution in [0.5, 0.6) is 0 Å². The van der Waals surface area contributed by atoms with E-state index in [1.165, 1.54) is 18.2 Å². The van der Waals surface area contributed by atoms with Gasteiger partial charge < -0.3 is 0 Å². The van der Waals surface area contributed by atoms with Crippen LogP contribution in [0.4, 0.5) is 0 Å². The molecular formula is C7H7NO3S. The molecule has 0 bridgehead atoms. The average molecular weight is 185 g/mol. The molecule has 0 spiro atoms. The summed E-state index contributed by atoms with van der Waals surface area (Å²) in [6.07, 6.45) is 2.56. The number of pyridine rings is 1. The van der Waals surface area contributed by atoms with Gasteiger partial charge in [-0.15, -0.1) is 0 Å². The van der Waals surface area contributed by atoms with Crippen molar-refractivity contribution < 1.29 is 13.0 Å². The third kappa shape index (κ3) is 1.90. The highest BCUT2D eigenvalue weighted by atomic mass is 32.2. The van der Waals surface area contributed by atoms with Crippen LogP contribution in [0.2, 0.25) is 0 Å². The van der Waals surface area contributed by atoms with Crippen LogP contribution < -0.4 is 0 Å². The maximum Gasteiger partial charge on any atom is 0.296 e. The second-order valence-electron chi connectivity index (χ2n) is 2.10. The fourth-order valence-electron chi connectivity index (χ4n) is 0.665. The summed E-state index contributed by atoms with van der Waals surface area (Å²) < 4.78 is 29.6. The maximum atomic E-state index is 10.5. The molecule has 0 saturated carbocycles. The predicted molar refractivity (Wildman–Crippen MR) is 44.1 cm³/mol. The fraction of sp³-hybridized carbons (Fsp3) is 0. The highest BCUT2D eigenvalue weighted by Gasteiger charge is 2.08. The summed E-state index contributed by atoms with van der Waals surface area (Å²) in [7, 11) is -4.12. The maximum absolute atomic E-state index is 10.5. The van der Waals surface area contributed by atoms with Crippen molar-refractivity contribution in [3.63, 3.8) is 0 Å². The van der Waals surface area contributed by atoms with E-state index in [-0.39, 0.29) is 4.90 Å². The molecule has 0 aliphatic heterocycles. The van der Waals surface area contributed by atoms with Crippen molar-refractivity contribution in [2.45, 2.75) is 4.90 Å². The lowest BCUT2D eigenvalue weighted by molar-refractivity contribution is 0.483. The monoisotopic (exact) mass is 185 g/mol. The first-order valence-electron chi connectivity index (χ1n) is 3.10. The molecule has 0 saturated heterocycles. The van der Waals surface area contributed by atoms with Gasteiger partial charge >= 0.3 is 0 Å². The summed E-state index contributed by atoms with van der Waals surface area (Å²) in [4.78, 5) is 3.49. The van der Waals surface area contributed by atoms with Crippen LogP contribution in [0.1, 0.15) is 5.69 Å². The van der Waals surface area contributed by atoms with Crippen LogP contribution in [0.25, 0.3) is 6.08 Å². The van der Waals surface area contributed by atoms with E-state index in [2.05, 4.69) is 11.6 Å². The Labute approximate surface area is 70.3 Å². The third-order valence-corrected chi connectivity index (χ3v) is 2.10. The summed E-state index contributed by atoms with van der Waals surface area (Å²) >= 11 is 0. The van der Waals surface area contributed by atoms with Crippen LogP contribution in [-0.4, -0.2) is 18.0 Å². The minimum atomic E-state index is -4.12. The second-order valence-corrected chi connectivity index (χ2v) is 3.52. The molecule has 4 nitrogen and oxygen atoms in total. The van der Waals surface area contributed by atoms with Crippen LogP contribution in [0, 0.1) is 0 Å². The SMILES string of the molecule is C=Cc1ccc(S(=O)(=O)O)cn1. The minimum absolute atomic E-state index is 0.215. The predicted octanol–water partition coefficient (Wildman–Crippen LogP) is 0.971. The molecule has 12 heavy (non-hydrogen) atoms. The highest BCUT2D eigenvalue weighted by molar-refractivity contribution is 7.85. The zero-order valence-corrected chi connectivity index (χ0v) is 6.95.